The Balaban J connectivity index is 1.51. The SMILES string of the molecule is Cc1cc(OCC(=O)N[C@H](Cc2ccc(Cl)cc2)C(=O)[O-])c2c3c(c(=O)oc2c1)CCC3. The van der Waals surface area contributed by atoms with Gasteiger partial charge in [-0.25, -0.2) is 4.79 Å². The van der Waals surface area contributed by atoms with Gasteiger partial charge in [-0.3, -0.25) is 4.79 Å². The van der Waals surface area contributed by atoms with Crippen LogP contribution in [0, 0.1) is 6.92 Å². The minimum Gasteiger partial charge on any atom is -0.548 e. The second kappa shape index (κ2) is 9.04. The molecular formula is C24H21ClNO6-. The van der Waals surface area contributed by atoms with Gasteiger partial charge in [-0.05, 0) is 73.6 Å². The predicted molar refractivity (Wildman–Crippen MR) is 117 cm³/mol. The normalized spacial score (nSPS) is 13.6. The van der Waals surface area contributed by atoms with E-state index in [2.05, 4.69) is 5.32 Å². The number of nitrogens with one attached hydrogen (secondary N) is 1. The minimum absolute atomic E-state index is 0.0529. The molecule has 1 amide bonds. The van der Waals surface area contributed by atoms with Gasteiger partial charge in [0.05, 0.1) is 17.4 Å². The number of halogens is 1. The van der Waals surface area contributed by atoms with Gasteiger partial charge >= 0.3 is 5.63 Å². The number of aryl methyl sites for hydroxylation is 2. The summed E-state index contributed by atoms with van der Waals surface area (Å²) in [5.41, 5.74) is 3.13. The summed E-state index contributed by atoms with van der Waals surface area (Å²) in [6.07, 6.45) is 2.29. The van der Waals surface area contributed by atoms with Crippen molar-refractivity contribution in [1.29, 1.82) is 0 Å². The van der Waals surface area contributed by atoms with Crippen molar-refractivity contribution >= 4 is 34.4 Å². The van der Waals surface area contributed by atoms with Gasteiger partial charge in [0.15, 0.2) is 6.61 Å². The molecule has 1 aliphatic rings. The van der Waals surface area contributed by atoms with Gasteiger partial charge in [0, 0.05) is 10.6 Å². The molecule has 1 aromatic heterocycles. The molecule has 0 fully saturated rings. The summed E-state index contributed by atoms with van der Waals surface area (Å²) in [6, 6.07) is 8.99. The molecule has 7 nitrogen and oxygen atoms in total. The van der Waals surface area contributed by atoms with E-state index in [1.807, 2.05) is 6.92 Å². The Morgan fingerprint density at radius 1 is 1.19 bits per heavy atom. The molecule has 2 aromatic carbocycles. The number of fused-ring (bicyclic) bond motifs is 3. The monoisotopic (exact) mass is 454 g/mol. The number of ether oxygens (including phenoxy) is 1. The summed E-state index contributed by atoms with van der Waals surface area (Å²) >= 11 is 5.85. The number of carbonyl (C=O) groups excluding carboxylic acids is 2. The lowest BCUT2D eigenvalue weighted by Gasteiger charge is -2.20. The van der Waals surface area contributed by atoms with Gasteiger partial charge in [0.2, 0.25) is 0 Å². The summed E-state index contributed by atoms with van der Waals surface area (Å²) in [5.74, 6) is -1.56. The van der Waals surface area contributed by atoms with Crippen molar-refractivity contribution in [3.05, 3.63) is 74.1 Å². The van der Waals surface area contributed by atoms with Gasteiger partial charge in [-0.2, -0.15) is 0 Å². The molecule has 0 saturated heterocycles. The fourth-order valence-electron chi connectivity index (χ4n) is 4.05. The second-order valence-electron chi connectivity index (χ2n) is 7.89. The van der Waals surface area contributed by atoms with Crippen LogP contribution in [0.4, 0.5) is 0 Å². The van der Waals surface area contributed by atoms with Crippen molar-refractivity contribution < 1.29 is 23.8 Å². The number of amides is 1. The van der Waals surface area contributed by atoms with Crippen LogP contribution in [0.2, 0.25) is 5.02 Å². The molecule has 0 saturated carbocycles. The van der Waals surface area contributed by atoms with E-state index < -0.39 is 24.5 Å². The molecule has 1 heterocycles. The summed E-state index contributed by atoms with van der Waals surface area (Å²) in [5, 5.41) is 15.2. The highest BCUT2D eigenvalue weighted by Gasteiger charge is 2.23. The third kappa shape index (κ3) is 4.62. The van der Waals surface area contributed by atoms with Gasteiger partial charge in [0.1, 0.15) is 11.3 Å². The van der Waals surface area contributed by atoms with Crippen molar-refractivity contribution in [2.24, 2.45) is 0 Å². The van der Waals surface area contributed by atoms with Crippen molar-refractivity contribution in [3.63, 3.8) is 0 Å². The Kier molecular flexibility index (Phi) is 6.19. The van der Waals surface area contributed by atoms with Crippen LogP contribution in [0.3, 0.4) is 0 Å². The van der Waals surface area contributed by atoms with Crippen LogP contribution < -0.4 is 20.8 Å². The van der Waals surface area contributed by atoms with E-state index in [4.69, 9.17) is 20.8 Å². The summed E-state index contributed by atoms with van der Waals surface area (Å²) < 4.78 is 11.2. The number of aliphatic carboxylic acids is 1. The molecule has 4 rings (SSSR count). The zero-order valence-corrected chi connectivity index (χ0v) is 18.2. The molecule has 8 heteroatoms. The third-order valence-electron chi connectivity index (χ3n) is 5.51. The first-order valence-electron chi connectivity index (χ1n) is 10.3. The van der Waals surface area contributed by atoms with E-state index >= 15 is 0 Å². The zero-order chi connectivity index (χ0) is 22.8. The van der Waals surface area contributed by atoms with Crippen LogP contribution in [-0.4, -0.2) is 24.5 Å². The van der Waals surface area contributed by atoms with E-state index in [0.29, 0.717) is 39.3 Å². The topological polar surface area (TPSA) is 109 Å². The average molecular weight is 455 g/mol. The molecule has 0 spiro atoms. The quantitative estimate of drug-likeness (QED) is 0.547. The van der Waals surface area contributed by atoms with E-state index in [-0.39, 0.29) is 12.0 Å². The number of carboxylic acids is 1. The Labute approximate surface area is 188 Å². The van der Waals surface area contributed by atoms with Gasteiger partial charge in [-0.1, -0.05) is 23.7 Å². The Morgan fingerprint density at radius 2 is 1.91 bits per heavy atom. The largest absolute Gasteiger partial charge is 0.548 e. The van der Waals surface area contributed by atoms with Gasteiger partial charge in [0.25, 0.3) is 5.91 Å². The fourth-order valence-corrected chi connectivity index (χ4v) is 4.17. The highest BCUT2D eigenvalue weighted by molar-refractivity contribution is 6.30. The van der Waals surface area contributed by atoms with E-state index in [1.54, 1.807) is 36.4 Å². The molecular weight excluding hydrogens is 434 g/mol. The number of carboxylic acid groups (broad SMARTS) is 1. The average Bonchev–Trinajstić information content (AvgIpc) is 3.23. The van der Waals surface area contributed by atoms with Crippen LogP contribution >= 0.6 is 11.6 Å². The zero-order valence-electron chi connectivity index (χ0n) is 17.4. The molecule has 0 aliphatic heterocycles. The smallest absolute Gasteiger partial charge is 0.339 e. The van der Waals surface area contributed by atoms with Gasteiger partial charge in [-0.15, -0.1) is 0 Å². The molecule has 0 unspecified atom stereocenters. The maximum absolute atomic E-state index is 12.5. The van der Waals surface area contributed by atoms with Crippen molar-refractivity contribution in [2.75, 3.05) is 6.61 Å². The first-order valence-corrected chi connectivity index (χ1v) is 10.7. The molecule has 0 radical (unpaired) electrons. The lowest BCUT2D eigenvalue weighted by atomic mass is 10.0. The van der Waals surface area contributed by atoms with Crippen molar-refractivity contribution in [2.45, 2.75) is 38.6 Å². The summed E-state index contributed by atoms with van der Waals surface area (Å²) in [6.45, 7) is 1.44. The Morgan fingerprint density at radius 3 is 2.62 bits per heavy atom. The highest BCUT2D eigenvalue weighted by Crippen LogP contribution is 2.35. The first kappa shape index (κ1) is 21.9. The maximum atomic E-state index is 12.5. The number of hydrogen-bond donors (Lipinski definition) is 1. The number of carbonyl (C=O) groups is 2. The van der Waals surface area contributed by atoms with E-state index in [0.717, 1.165) is 24.0 Å². The minimum atomic E-state index is -1.39. The molecule has 32 heavy (non-hydrogen) atoms. The maximum Gasteiger partial charge on any atom is 0.339 e. The van der Waals surface area contributed by atoms with Crippen molar-refractivity contribution in [1.82, 2.24) is 5.32 Å². The Bertz CT molecular complexity index is 1250. The highest BCUT2D eigenvalue weighted by atomic mass is 35.5. The van der Waals surface area contributed by atoms with Gasteiger partial charge < -0.3 is 24.4 Å². The lowest BCUT2D eigenvalue weighted by Crippen LogP contribution is -2.50. The van der Waals surface area contributed by atoms with Crippen LogP contribution in [-0.2, 0) is 28.9 Å². The summed E-state index contributed by atoms with van der Waals surface area (Å²) in [7, 11) is 0. The standard InChI is InChI=1S/C24H22ClNO6/c1-13-9-19(22-16-3-2-4-17(16)24(30)32-20(22)10-13)31-12-21(27)26-18(23(28)29)11-14-5-7-15(25)8-6-14/h5-10,18H,2-4,11-12H2,1H3,(H,26,27)(H,28,29)/p-1/t18-/m1/s1. The van der Waals surface area contributed by atoms with Crippen LogP contribution in [0.25, 0.3) is 11.0 Å². The fraction of sp³-hybridized carbons (Fsp3) is 0.292. The third-order valence-corrected chi connectivity index (χ3v) is 5.76. The molecule has 0 bridgehead atoms. The second-order valence-corrected chi connectivity index (χ2v) is 8.33. The van der Waals surface area contributed by atoms with Crippen LogP contribution in [0.5, 0.6) is 5.75 Å². The van der Waals surface area contributed by atoms with Crippen LogP contribution in [0.15, 0.2) is 45.6 Å². The first-order chi connectivity index (χ1) is 15.3. The summed E-state index contributed by atoms with van der Waals surface area (Å²) in [4.78, 5) is 36.2. The predicted octanol–water partition coefficient (Wildman–Crippen LogP) is 2.10. The lowest BCUT2D eigenvalue weighted by molar-refractivity contribution is -0.308. The molecule has 1 atom stereocenters. The van der Waals surface area contributed by atoms with E-state index in [9.17, 15) is 19.5 Å². The van der Waals surface area contributed by atoms with E-state index in [1.165, 1.54) is 0 Å². The molecule has 1 aliphatic carbocycles. The number of rotatable bonds is 7. The Hall–Kier alpha value is -3.32. The van der Waals surface area contributed by atoms with Crippen molar-refractivity contribution in [3.8, 4) is 5.75 Å². The molecule has 1 N–H and O–H groups in total. The number of hydrogen-bond acceptors (Lipinski definition) is 6. The number of benzene rings is 2. The molecule has 3 aromatic rings. The molecule has 166 valence electrons. The van der Waals surface area contributed by atoms with Crippen LogP contribution in [0.1, 0.15) is 28.7 Å².